The second-order valence-corrected chi connectivity index (χ2v) is 5.89. The molecule has 0 radical (unpaired) electrons. The Balaban J connectivity index is 1.81. The van der Waals surface area contributed by atoms with Crippen LogP contribution < -0.4 is 0 Å². The molecule has 0 aromatic heterocycles. The highest BCUT2D eigenvalue weighted by molar-refractivity contribution is 5.14. The largest absolute Gasteiger partial charge is 0.299 e. The van der Waals surface area contributed by atoms with Crippen LogP contribution in [0, 0.1) is 11.8 Å². The molecule has 0 spiro atoms. The number of benzene rings is 1. The molecule has 0 saturated carbocycles. The van der Waals surface area contributed by atoms with Crippen LogP contribution in [0.25, 0.3) is 0 Å². The summed E-state index contributed by atoms with van der Waals surface area (Å²) >= 11 is 0. The van der Waals surface area contributed by atoms with Gasteiger partial charge in [0.05, 0.1) is 0 Å². The normalized spacial score (nSPS) is 25.2. The van der Waals surface area contributed by atoms with Crippen molar-refractivity contribution in [2.24, 2.45) is 11.8 Å². The lowest BCUT2D eigenvalue weighted by Crippen LogP contribution is -2.38. The molecule has 0 aliphatic carbocycles. The van der Waals surface area contributed by atoms with Crippen LogP contribution in [0.15, 0.2) is 30.3 Å². The summed E-state index contributed by atoms with van der Waals surface area (Å²) in [5.74, 6) is 1.84. The van der Waals surface area contributed by atoms with Gasteiger partial charge in [-0.1, -0.05) is 63.4 Å². The Morgan fingerprint density at radius 1 is 1.22 bits per heavy atom. The predicted octanol–water partition coefficient (Wildman–Crippen LogP) is 4.33. The smallest absolute Gasteiger partial charge is 0.0233 e. The summed E-state index contributed by atoms with van der Waals surface area (Å²) < 4.78 is 0. The fourth-order valence-corrected chi connectivity index (χ4v) is 3.16. The van der Waals surface area contributed by atoms with E-state index in [9.17, 15) is 0 Å². The zero-order chi connectivity index (χ0) is 12.8. The highest BCUT2D eigenvalue weighted by Gasteiger charge is 2.25. The first-order valence-electron chi connectivity index (χ1n) is 7.56. The average Bonchev–Trinajstić information content (AvgIpc) is 2.39. The molecule has 18 heavy (non-hydrogen) atoms. The van der Waals surface area contributed by atoms with E-state index in [4.69, 9.17) is 0 Å². The van der Waals surface area contributed by atoms with E-state index >= 15 is 0 Å². The average molecular weight is 245 g/mol. The van der Waals surface area contributed by atoms with Crippen molar-refractivity contribution in [3.63, 3.8) is 0 Å². The first-order chi connectivity index (χ1) is 8.79. The van der Waals surface area contributed by atoms with Crippen molar-refractivity contribution in [1.29, 1.82) is 0 Å². The van der Waals surface area contributed by atoms with Gasteiger partial charge in [-0.15, -0.1) is 0 Å². The molecule has 1 aliphatic rings. The van der Waals surface area contributed by atoms with Crippen LogP contribution in [0.1, 0.15) is 45.1 Å². The maximum absolute atomic E-state index is 2.63. The van der Waals surface area contributed by atoms with Crippen molar-refractivity contribution in [2.75, 3.05) is 13.1 Å². The van der Waals surface area contributed by atoms with Crippen LogP contribution >= 0.6 is 0 Å². The molecular weight excluding hydrogens is 218 g/mol. The van der Waals surface area contributed by atoms with Crippen molar-refractivity contribution >= 4 is 0 Å². The molecular formula is C17H27N. The van der Waals surface area contributed by atoms with E-state index in [-0.39, 0.29) is 0 Å². The first kappa shape index (κ1) is 13.6. The van der Waals surface area contributed by atoms with Gasteiger partial charge in [-0.2, -0.15) is 0 Å². The second-order valence-electron chi connectivity index (χ2n) is 5.89. The van der Waals surface area contributed by atoms with Crippen molar-refractivity contribution in [2.45, 2.75) is 46.1 Å². The Kier molecular flexibility index (Phi) is 5.25. The van der Waals surface area contributed by atoms with Gasteiger partial charge in [0, 0.05) is 13.1 Å². The molecule has 1 aromatic carbocycles. The Labute approximate surface area is 112 Å². The van der Waals surface area contributed by atoms with Crippen LogP contribution in [0.2, 0.25) is 0 Å². The zero-order valence-corrected chi connectivity index (χ0v) is 11.9. The number of piperidine rings is 1. The van der Waals surface area contributed by atoms with Crippen LogP contribution in [0.3, 0.4) is 0 Å². The molecule has 0 amide bonds. The summed E-state index contributed by atoms with van der Waals surface area (Å²) in [6, 6.07) is 10.9. The maximum Gasteiger partial charge on any atom is 0.0233 e. The molecule has 1 heteroatoms. The second kappa shape index (κ2) is 6.94. The number of hydrogen-bond acceptors (Lipinski definition) is 1. The van der Waals surface area contributed by atoms with E-state index in [0.29, 0.717) is 0 Å². The molecule has 100 valence electrons. The van der Waals surface area contributed by atoms with Gasteiger partial charge in [-0.05, 0) is 30.4 Å². The van der Waals surface area contributed by atoms with Gasteiger partial charge in [0.15, 0.2) is 0 Å². The molecule has 2 rings (SSSR count). The predicted molar refractivity (Wildman–Crippen MR) is 78.5 cm³/mol. The molecule has 1 heterocycles. The van der Waals surface area contributed by atoms with Crippen molar-refractivity contribution in [1.82, 2.24) is 4.90 Å². The number of rotatable bonds is 5. The number of likely N-dealkylation sites (tertiary alicyclic amines) is 1. The number of unbranched alkanes of at least 4 members (excludes halogenated alkanes) is 1. The van der Waals surface area contributed by atoms with Gasteiger partial charge in [0.1, 0.15) is 0 Å². The Hall–Kier alpha value is -0.820. The van der Waals surface area contributed by atoms with E-state index in [1.54, 1.807) is 0 Å². The number of hydrogen-bond donors (Lipinski definition) is 0. The summed E-state index contributed by atoms with van der Waals surface area (Å²) in [6.45, 7) is 8.44. The monoisotopic (exact) mass is 245 g/mol. The Bertz CT molecular complexity index is 333. The van der Waals surface area contributed by atoms with Crippen molar-refractivity contribution < 1.29 is 0 Å². The molecule has 1 unspecified atom stereocenters. The van der Waals surface area contributed by atoms with Gasteiger partial charge < -0.3 is 0 Å². The molecule has 1 aliphatic heterocycles. The maximum atomic E-state index is 2.63. The first-order valence-corrected chi connectivity index (χ1v) is 7.56. The van der Waals surface area contributed by atoms with E-state index in [1.165, 1.54) is 44.3 Å². The molecule has 1 fully saturated rings. The minimum Gasteiger partial charge on any atom is -0.299 e. The fourth-order valence-electron chi connectivity index (χ4n) is 3.16. The lowest BCUT2D eigenvalue weighted by atomic mass is 9.83. The quantitative estimate of drug-likeness (QED) is 0.746. The standard InChI is InChI=1S/C17H27N/c1-3-4-10-17-11-12-18(13-15(17)2)14-16-8-6-5-7-9-16/h5-9,15,17H,3-4,10-14H2,1-2H3/t15?,17-/m1/s1. The molecule has 0 bridgehead atoms. The summed E-state index contributed by atoms with van der Waals surface area (Å²) in [4.78, 5) is 2.63. The van der Waals surface area contributed by atoms with Gasteiger partial charge >= 0.3 is 0 Å². The Morgan fingerprint density at radius 3 is 2.67 bits per heavy atom. The van der Waals surface area contributed by atoms with Crippen LogP contribution in [0.4, 0.5) is 0 Å². The topological polar surface area (TPSA) is 3.24 Å². The van der Waals surface area contributed by atoms with E-state index in [2.05, 4.69) is 49.1 Å². The molecule has 1 nitrogen and oxygen atoms in total. The molecule has 1 aromatic rings. The highest BCUT2D eigenvalue weighted by Crippen LogP contribution is 2.28. The SMILES string of the molecule is CCCC[C@@H]1CCN(Cc2ccccc2)CC1C. The molecule has 0 N–H and O–H groups in total. The minimum atomic E-state index is 0.869. The van der Waals surface area contributed by atoms with Gasteiger partial charge in [0.2, 0.25) is 0 Å². The fraction of sp³-hybridized carbons (Fsp3) is 0.647. The van der Waals surface area contributed by atoms with Gasteiger partial charge in [-0.25, -0.2) is 0 Å². The van der Waals surface area contributed by atoms with Gasteiger partial charge in [0.25, 0.3) is 0 Å². The summed E-state index contributed by atoms with van der Waals surface area (Å²) in [5.41, 5.74) is 1.46. The van der Waals surface area contributed by atoms with Gasteiger partial charge in [-0.3, -0.25) is 4.90 Å². The van der Waals surface area contributed by atoms with Crippen LogP contribution in [0.5, 0.6) is 0 Å². The summed E-state index contributed by atoms with van der Waals surface area (Å²) in [7, 11) is 0. The zero-order valence-electron chi connectivity index (χ0n) is 11.9. The van der Waals surface area contributed by atoms with E-state index in [0.717, 1.165) is 18.4 Å². The highest BCUT2D eigenvalue weighted by atomic mass is 15.1. The van der Waals surface area contributed by atoms with Crippen molar-refractivity contribution in [3.8, 4) is 0 Å². The molecule has 2 atom stereocenters. The number of nitrogens with zero attached hydrogens (tertiary/aromatic N) is 1. The third kappa shape index (κ3) is 3.84. The van der Waals surface area contributed by atoms with E-state index < -0.39 is 0 Å². The van der Waals surface area contributed by atoms with E-state index in [1.807, 2.05) is 0 Å². The summed E-state index contributed by atoms with van der Waals surface area (Å²) in [6.07, 6.45) is 5.59. The minimum absolute atomic E-state index is 0.869. The summed E-state index contributed by atoms with van der Waals surface area (Å²) in [5, 5.41) is 0. The Morgan fingerprint density at radius 2 is 2.00 bits per heavy atom. The van der Waals surface area contributed by atoms with Crippen LogP contribution in [-0.2, 0) is 6.54 Å². The molecule has 1 saturated heterocycles. The third-order valence-corrected chi connectivity index (χ3v) is 4.34. The lowest BCUT2D eigenvalue weighted by Gasteiger charge is -2.37. The lowest BCUT2D eigenvalue weighted by molar-refractivity contribution is 0.116. The van der Waals surface area contributed by atoms with Crippen LogP contribution in [-0.4, -0.2) is 18.0 Å². The third-order valence-electron chi connectivity index (χ3n) is 4.34. The van der Waals surface area contributed by atoms with Crippen molar-refractivity contribution in [3.05, 3.63) is 35.9 Å².